The van der Waals surface area contributed by atoms with Gasteiger partial charge in [-0.2, -0.15) is 9.78 Å². The molecule has 2 rings (SSSR count). The number of primary amides is 1. The summed E-state index contributed by atoms with van der Waals surface area (Å²) in [6.07, 6.45) is 5.19. The lowest BCUT2D eigenvalue weighted by atomic mass is 10.1. The van der Waals surface area contributed by atoms with Gasteiger partial charge in [0.05, 0.1) is 5.69 Å². The number of nitrogens with zero attached hydrogens (tertiary/aromatic N) is 2. The average Bonchev–Trinajstić information content (AvgIpc) is 2.46. The smallest absolute Gasteiger partial charge is 0.341 e. The molecule has 1 aromatic rings. The molecule has 0 bridgehead atoms. The molecule has 0 aliphatic carbocycles. The van der Waals surface area contributed by atoms with E-state index in [1.54, 1.807) is 0 Å². The summed E-state index contributed by atoms with van der Waals surface area (Å²) in [5.74, 6) is 0.813. The Balaban J connectivity index is 2.44. The standard InChI is InChI=1S/C11H18N4O/c1-2-5-9-8-6-3-4-7-13-10(8)15(14-9)11(12)16/h13H,2-7H2,1H3,(H2,12,16). The van der Waals surface area contributed by atoms with E-state index in [4.69, 9.17) is 5.73 Å². The van der Waals surface area contributed by atoms with Gasteiger partial charge in [0, 0.05) is 12.1 Å². The first-order valence-electron chi connectivity index (χ1n) is 5.88. The van der Waals surface area contributed by atoms with Crippen LogP contribution in [0.25, 0.3) is 0 Å². The van der Waals surface area contributed by atoms with Gasteiger partial charge in [-0.05, 0) is 25.7 Å². The topological polar surface area (TPSA) is 72.9 Å². The summed E-state index contributed by atoms with van der Waals surface area (Å²) >= 11 is 0. The SMILES string of the molecule is CCCc1nn(C(N)=O)c2c1CCCCN2. The molecule has 0 atom stereocenters. The third-order valence-corrected chi connectivity index (χ3v) is 2.91. The number of amides is 1. The lowest BCUT2D eigenvalue weighted by molar-refractivity contribution is 0.248. The van der Waals surface area contributed by atoms with Crippen molar-refractivity contribution in [1.82, 2.24) is 9.78 Å². The summed E-state index contributed by atoms with van der Waals surface area (Å²) in [5.41, 5.74) is 7.52. The van der Waals surface area contributed by atoms with Gasteiger partial charge in [-0.15, -0.1) is 0 Å². The minimum Gasteiger partial charge on any atom is -0.370 e. The molecule has 0 radical (unpaired) electrons. The van der Waals surface area contributed by atoms with E-state index in [1.807, 2.05) is 0 Å². The van der Waals surface area contributed by atoms with Crippen molar-refractivity contribution in [3.8, 4) is 0 Å². The van der Waals surface area contributed by atoms with E-state index in [2.05, 4.69) is 17.3 Å². The summed E-state index contributed by atoms with van der Waals surface area (Å²) in [6.45, 7) is 3.00. The van der Waals surface area contributed by atoms with Crippen LogP contribution >= 0.6 is 0 Å². The minimum absolute atomic E-state index is 0.506. The molecule has 1 aromatic heterocycles. The second-order valence-corrected chi connectivity index (χ2v) is 4.16. The molecule has 1 aliphatic rings. The van der Waals surface area contributed by atoms with E-state index in [0.29, 0.717) is 0 Å². The van der Waals surface area contributed by atoms with Gasteiger partial charge < -0.3 is 11.1 Å². The first kappa shape index (κ1) is 11.0. The number of aryl methyl sites for hydroxylation is 1. The van der Waals surface area contributed by atoms with Crippen LogP contribution in [0.2, 0.25) is 0 Å². The molecule has 16 heavy (non-hydrogen) atoms. The highest BCUT2D eigenvalue weighted by Gasteiger charge is 2.20. The van der Waals surface area contributed by atoms with E-state index in [1.165, 1.54) is 10.2 Å². The Kier molecular flexibility index (Phi) is 3.12. The van der Waals surface area contributed by atoms with Gasteiger partial charge in [0.1, 0.15) is 5.82 Å². The summed E-state index contributed by atoms with van der Waals surface area (Å²) in [5, 5.41) is 7.56. The van der Waals surface area contributed by atoms with Gasteiger partial charge in [0.25, 0.3) is 0 Å². The molecule has 1 aliphatic heterocycles. The van der Waals surface area contributed by atoms with Crippen molar-refractivity contribution >= 4 is 11.8 Å². The Morgan fingerprint density at radius 1 is 1.56 bits per heavy atom. The Hall–Kier alpha value is -1.52. The fourth-order valence-electron chi connectivity index (χ4n) is 2.17. The Bertz CT molecular complexity index is 397. The minimum atomic E-state index is -0.506. The Morgan fingerprint density at radius 3 is 3.06 bits per heavy atom. The fraction of sp³-hybridized carbons (Fsp3) is 0.636. The van der Waals surface area contributed by atoms with Gasteiger partial charge in [-0.3, -0.25) is 0 Å². The zero-order chi connectivity index (χ0) is 11.5. The van der Waals surface area contributed by atoms with Gasteiger partial charge >= 0.3 is 6.03 Å². The number of hydrogen-bond acceptors (Lipinski definition) is 3. The summed E-state index contributed by atoms with van der Waals surface area (Å²) in [6, 6.07) is -0.506. The molecule has 3 N–H and O–H groups in total. The number of fused-ring (bicyclic) bond motifs is 1. The number of anilines is 1. The van der Waals surface area contributed by atoms with E-state index in [-0.39, 0.29) is 0 Å². The molecule has 88 valence electrons. The number of nitrogens with two attached hydrogens (primary N) is 1. The zero-order valence-corrected chi connectivity index (χ0v) is 9.62. The highest BCUT2D eigenvalue weighted by Crippen LogP contribution is 2.25. The second-order valence-electron chi connectivity index (χ2n) is 4.16. The van der Waals surface area contributed by atoms with E-state index in [0.717, 1.165) is 50.2 Å². The van der Waals surface area contributed by atoms with Crippen LogP contribution in [0, 0.1) is 0 Å². The van der Waals surface area contributed by atoms with Crippen LogP contribution in [0.15, 0.2) is 0 Å². The monoisotopic (exact) mass is 222 g/mol. The maximum Gasteiger partial charge on any atom is 0.341 e. The molecule has 0 unspecified atom stereocenters. The maximum atomic E-state index is 11.3. The lowest BCUT2D eigenvalue weighted by Crippen LogP contribution is -2.23. The van der Waals surface area contributed by atoms with Crippen LogP contribution in [0.1, 0.15) is 37.4 Å². The molecule has 1 amide bonds. The van der Waals surface area contributed by atoms with Crippen molar-refractivity contribution in [1.29, 1.82) is 0 Å². The number of aromatic nitrogens is 2. The van der Waals surface area contributed by atoms with Crippen LogP contribution in [-0.2, 0) is 12.8 Å². The van der Waals surface area contributed by atoms with Crippen molar-refractivity contribution in [3.05, 3.63) is 11.3 Å². The van der Waals surface area contributed by atoms with Crippen molar-refractivity contribution in [2.45, 2.75) is 39.0 Å². The normalized spacial score (nSPS) is 15.1. The van der Waals surface area contributed by atoms with Crippen molar-refractivity contribution in [3.63, 3.8) is 0 Å². The third-order valence-electron chi connectivity index (χ3n) is 2.91. The first-order chi connectivity index (χ1) is 7.74. The predicted octanol–water partition coefficient (Wildman–Crippen LogP) is 1.51. The van der Waals surface area contributed by atoms with Crippen LogP contribution in [0.4, 0.5) is 10.6 Å². The Labute approximate surface area is 95.0 Å². The number of hydrogen-bond donors (Lipinski definition) is 2. The van der Waals surface area contributed by atoms with E-state index in [9.17, 15) is 4.79 Å². The number of rotatable bonds is 2. The highest BCUT2D eigenvalue weighted by atomic mass is 16.2. The number of carbonyl (C=O) groups is 1. The van der Waals surface area contributed by atoms with Crippen LogP contribution in [-0.4, -0.2) is 22.4 Å². The molecule has 0 aromatic carbocycles. The summed E-state index contributed by atoms with van der Waals surface area (Å²) in [7, 11) is 0. The van der Waals surface area contributed by atoms with Gasteiger partial charge in [0.2, 0.25) is 0 Å². The highest BCUT2D eigenvalue weighted by molar-refractivity contribution is 5.79. The van der Waals surface area contributed by atoms with E-state index >= 15 is 0 Å². The van der Waals surface area contributed by atoms with Crippen LogP contribution in [0.5, 0.6) is 0 Å². The van der Waals surface area contributed by atoms with Gasteiger partial charge in [-0.1, -0.05) is 13.3 Å². The largest absolute Gasteiger partial charge is 0.370 e. The van der Waals surface area contributed by atoms with Crippen molar-refractivity contribution in [2.24, 2.45) is 5.73 Å². The molecule has 0 spiro atoms. The van der Waals surface area contributed by atoms with Gasteiger partial charge in [-0.25, -0.2) is 4.79 Å². The third kappa shape index (κ3) is 1.89. The average molecular weight is 222 g/mol. The first-order valence-corrected chi connectivity index (χ1v) is 5.88. The summed E-state index contributed by atoms with van der Waals surface area (Å²) < 4.78 is 1.31. The zero-order valence-electron chi connectivity index (χ0n) is 9.62. The van der Waals surface area contributed by atoms with Crippen LogP contribution < -0.4 is 11.1 Å². The lowest BCUT2D eigenvalue weighted by Gasteiger charge is -2.04. The molecule has 0 fully saturated rings. The van der Waals surface area contributed by atoms with Crippen LogP contribution in [0.3, 0.4) is 0 Å². The molecular formula is C11H18N4O. The number of nitrogens with one attached hydrogen (secondary N) is 1. The molecule has 0 saturated heterocycles. The number of carbonyl (C=O) groups excluding carboxylic acids is 1. The molecule has 0 saturated carbocycles. The van der Waals surface area contributed by atoms with Crippen molar-refractivity contribution in [2.75, 3.05) is 11.9 Å². The second kappa shape index (κ2) is 4.55. The van der Waals surface area contributed by atoms with Gasteiger partial charge in [0.15, 0.2) is 0 Å². The maximum absolute atomic E-state index is 11.3. The summed E-state index contributed by atoms with van der Waals surface area (Å²) in [4.78, 5) is 11.3. The molecule has 2 heterocycles. The molecule has 5 nitrogen and oxygen atoms in total. The van der Waals surface area contributed by atoms with Crippen molar-refractivity contribution < 1.29 is 4.79 Å². The Morgan fingerprint density at radius 2 is 2.38 bits per heavy atom. The predicted molar refractivity (Wildman–Crippen MR) is 62.6 cm³/mol. The quantitative estimate of drug-likeness (QED) is 0.796. The molecular weight excluding hydrogens is 204 g/mol. The fourth-order valence-corrected chi connectivity index (χ4v) is 2.17. The molecule has 5 heteroatoms. The van der Waals surface area contributed by atoms with E-state index < -0.39 is 6.03 Å².